The van der Waals surface area contributed by atoms with E-state index < -0.39 is 18.6 Å². The van der Waals surface area contributed by atoms with E-state index in [0.29, 0.717) is 0 Å². The monoisotopic (exact) mass is 173 g/mol. The lowest BCUT2D eigenvalue weighted by Crippen LogP contribution is -2.16. The molecule has 0 fully saturated rings. The summed E-state index contributed by atoms with van der Waals surface area (Å²) in [7, 11) is 0. The molecule has 0 rings (SSSR count). The number of esters is 1. The minimum Gasteiger partial charge on any atom is -0.465 e. The maximum absolute atomic E-state index is 11.7. The average Bonchev–Trinajstić information content (AvgIpc) is 2.06. The Kier molecular flexibility index (Phi) is 5.98. The highest BCUT2D eigenvalue weighted by Gasteiger charge is 2.17. The highest BCUT2D eigenvalue weighted by molar-refractivity contribution is 5.75. The van der Waals surface area contributed by atoms with Crippen LogP contribution in [0.3, 0.4) is 0 Å². The third-order valence-electron chi connectivity index (χ3n) is 1.35. The molecule has 0 saturated carbocycles. The summed E-state index contributed by atoms with van der Waals surface area (Å²) in [6.07, 6.45) is 0.475. The molecule has 0 aromatic carbocycles. The summed E-state index contributed by atoms with van der Waals surface area (Å²) in [4.78, 5) is 10.9. The molecule has 0 N–H and O–H groups in total. The highest BCUT2D eigenvalue weighted by Crippen LogP contribution is 2.07. The molecule has 1 unspecified atom stereocenters. The van der Waals surface area contributed by atoms with Crippen LogP contribution in [0.5, 0.6) is 0 Å². The van der Waals surface area contributed by atoms with Gasteiger partial charge in [-0.1, -0.05) is 0 Å². The Bertz CT molecular complexity index is 176. The molecule has 0 aliphatic rings. The number of carbonyl (C=O) groups is 1. The van der Waals surface area contributed by atoms with Gasteiger partial charge >= 0.3 is 5.97 Å². The first-order chi connectivity index (χ1) is 5.76. The van der Waals surface area contributed by atoms with Crippen LogP contribution in [0.2, 0.25) is 0 Å². The first-order valence-electron chi connectivity index (χ1n) is 3.88. The van der Waals surface area contributed by atoms with Gasteiger partial charge in [0.05, 0.1) is 19.4 Å². The summed E-state index contributed by atoms with van der Waals surface area (Å²) in [5, 5.41) is 8.48. The van der Waals surface area contributed by atoms with E-state index >= 15 is 0 Å². The second kappa shape index (κ2) is 6.59. The van der Waals surface area contributed by atoms with Crippen molar-refractivity contribution in [2.75, 3.05) is 13.3 Å². The van der Waals surface area contributed by atoms with Crippen molar-refractivity contribution in [1.82, 2.24) is 0 Å². The Labute approximate surface area is 71.1 Å². The van der Waals surface area contributed by atoms with E-state index in [1.54, 1.807) is 13.0 Å². The number of carbonyl (C=O) groups excluding carboxylic acids is 1. The first kappa shape index (κ1) is 10.9. The van der Waals surface area contributed by atoms with E-state index in [4.69, 9.17) is 5.26 Å². The second-order valence-corrected chi connectivity index (χ2v) is 2.26. The van der Waals surface area contributed by atoms with Gasteiger partial charge in [0.25, 0.3) is 0 Å². The molecular weight excluding hydrogens is 161 g/mol. The normalized spacial score (nSPS) is 11.8. The van der Waals surface area contributed by atoms with Crippen molar-refractivity contribution in [1.29, 1.82) is 5.26 Å². The molecular formula is C8H12FNO2. The fraction of sp³-hybridized carbons (Fsp3) is 0.750. The van der Waals surface area contributed by atoms with Crippen molar-refractivity contribution in [2.24, 2.45) is 5.92 Å². The Hall–Kier alpha value is -1.11. The van der Waals surface area contributed by atoms with Crippen molar-refractivity contribution in [2.45, 2.75) is 19.8 Å². The minimum atomic E-state index is -0.805. The lowest BCUT2D eigenvalue weighted by atomic mass is 10.1. The van der Waals surface area contributed by atoms with Gasteiger partial charge in [0.1, 0.15) is 5.92 Å². The van der Waals surface area contributed by atoms with Crippen LogP contribution < -0.4 is 0 Å². The molecule has 0 heterocycles. The largest absolute Gasteiger partial charge is 0.465 e. The van der Waals surface area contributed by atoms with Crippen molar-refractivity contribution >= 4 is 5.97 Å². The van der Waals surface area contributed by atoms with Gasteiger partial charge in [-0.3, -0.25) is 9.18 Å². The maximum Gasteiger partial charge on any atom is 0.323 e. The molecule has 0 radical (unpaired) electrons. The third kappa shape index (κ3) is 3.91. The average molecular weight is 173 g/mol. The predicted octanol–water partition coefficient (Wildman–Crippen LogP) is 1.44. The van der Waals surface area contributed by atoms with Gasteiger partial charge in [0.15, 0.2) is 0 Å². The zero-order valence-electron chi connectivity index (χ0n) is 7.05. The molecule has 1 atom stereocenters. The molecule has 12 heavy (non-hydrogen) atoms. The van der Waals surface area contributed by atoms with E-state index in [-0.39, 0.29) is 19.4 Å². The van der Waals surface area contributed by atoms with Gasteiger partial charge in [0.2, 0.25) is 0 Å². The fourth-order valence-corrected chi connectivity index (χ4v) is 0.759. The van der Waals surface area contributed by atoms with Crippen molar-refractivity contribution in [3.8, 4) is 6.07 Å². The molecule has 0 bridgehead atoms. The summed E-state index contributed by atoms with van der Waals surface area (Å²) in [6, 6.07) is 1.78. The van der Waals surface area contributed by atoms with Crippen LogP contribution in [0.15, 0.2) is 0 Å². The van der Waals surface area contributed by atoms with E-state index in [2.05, 4.69) is 4.74 Å². The van der Waals surface area contributed by atoms with Gasteiger partial charge in [-0.05, 0) is 19.8 Å². The molecule has 0 aliphatic heterocycles. The molecule has 0 aromatic heterocycles. The smallest absolute Gasteiger partial charge is 0.323 e. The van der Waals surface area contributed by atoms with Crippen molar-refractivity contribution in [3.63, 3.8) is 0 Å². The molecule has 0 aliphatic carbocycles. The molecule has 0 spiro atoms. The zero-order valence-corrected chi connectivity index (χ0v) is 7.05. The Morgan fingerprint density at radius 1 is 1.75 bits per heavy atom. The SMILES string of the molecule is CCOC(=O)C(C#N)CCCF. The van der Waals surface area contributed by atoms with E-state index in [1.165, 1.54) is 0 Å². The number of halogens is 1. The number of ether oxygens (including phenoxy) is 1. The van der Waals surface area contributed by atoms with Crippen LogP contribution in [0.4, 0.5) is 4.39 Å². The molecule has 0 aromatic rings. The number of hydrogen-bond donors (Lipinski definition) is 0. The fourth-order valence-electron chi connectivity index (χ4n) is 0.759. The van der Waals surface area contributed by atoms with Crippen LogP contribution >= 0.6 is 0 Å². The topological polar surface area (TPSA) is 50.1 Å². The molecule has 68 valence electrons. The van der Waals surface area contributed by atoms with Crippen LogP contribution in [-0.2, 0) is 9.53 Å². The standard InChI is InChI=1S/C8H12FNO2/c1-2-12-8(11)7(6-10)4-3-5-9/h7H,2-5H2,1H3. The minimum absolute atomic E-state index is 0.233. The van der Waals surface area contributed by atoms with Crippen molar-refractivity contribution < 1.29 is 13.9 Å². The van der Waals surface area contributed by atoms with E-state index in [9.17, 15) is 9.18 Å². The second-order valence-electron chi connectivity index (χ2n) is 2.26. The Morgan fingerprint density at radius 3 is 2.83 bits per heavy atom. The van der Waals surface area contributed by atoms with Gasteiger partial charge in [-0.25, -0.2) is 0 Å². The number of alkyl halides is 1. The lowest BCUT2D eigenvalue weighted by molar-refractivity contribution is -0.146. The number of nitrogens with zero attached hydrogens (tertiary/aromatic N) is 1. The number of nitriles is 1. The number of hydrogen-bond acceptors (Lipinski definition) is 3. The summed E-state index contributed by atoms with van der Waals surface area (Å²) in [5.41, 5.74) is 0. The molecule has 0 amide bonds. The van der Waals surface area contributed by atoms with Crippen LogP contribution in [0.1, 0.15) is 19.8 Å². The molecule has 3 nitrogen and oxygen atoms in total. The van der Waals surface area contributed by atoms with Crippen LogP contribution in [0.25, 0.3) is 0 Å². The Balaban J connectivity index is 3.81. The molecule has 0 saturated heterocycles. The first-order valence-corrected chi connectivity index (χ1v) is 3.88. The summed E-state index contributed by atoms with van der Waals surface area (Å²) in [6.45, 7) is 1.42. The highest BCUT2D eigenvalue weighted by atomic mass is 19.1. The molecule has 4 heteroatoms. The van der Waals surface area contributed by atoms with Gasteiger partial charge < -0.3 is 4.74 Å². The summed E-state index contributed by atoms with van der Waals surface area (Å²) < 4.78 is 16.3. The van der Waals surface area contributed by atoms with Crippen LogP contribution in [-0.4, -0.2) is 19.3 Å². The zero-order chi connectivity index (χ0) is 9.40. The van der Waals surface area contributed by atoms with E-state index in [0.717, 1.165) is 0 Å². The van der Waals surface area contributed by atoms with Crippen LogP contribution in [0, 0.1) is 17.2 Å². The summed E-state index contributed by atoms with van der Waals surface area (Å²) in [5.74, 6) is -1.35. The quantitative estimate of drug-likeness (QED) is 0.591. The van der Waals surface area contributed by atoms with Gasteiger partial charge in [-0.2, -0.15) is 5.26 Å². The number of rotatable bonds is 5. The maximum atomic E-state index is 11.7. The summed E-state index contributed by atoms with van der Waals surface area (Å²) >= 11 is 0. The van der Waals surface area contributed by atoms with Gasteiger partial charge in [0, 0.05) is 0 Å². The Morgan fingerprint density at radius 2 is 2.42 bits per heavy atom. The van der Waals surface area contributed by atoms with E-state index in [1.807, 2.05) is 0 Å². The predicted molar refractivity (Wildman–Crippen MR) is 40.9 cm³/mol. The van der Waals surface area contributed by atoms with Crippen molar-refractivity contribution in [3.05, 3.63) is 0 Å². The van der Waals surface area contributed by atoms with Gasteiger partial charge in [-0.15, -0.1) is 0 Å². The lowest BCUT2D eigenvalue weighted by Gasteiger charge is -2.05. The third-order valence-corrected chi connectivity index (χ3v) is 1.35.